The van der Waals surface area contributed by atoms with Gasteiger partial charge in [-0.25, -0.2) is 0 Å². The quantitative estimate of drug-likeness (QED) is 0.759. The first-order chi connectivity index (χ1) is 9.13. The van der Waals surface area contributed by atoms with Crippen molar-refractivity contribution in [2.45, 2.75) is 38.6 Å². The van der Waals surface area contributed by atoms with E-state index in [1.807, 2.05) is 4.90 Å². The third-order valence-electron chi connectivity index (χ3n) is 4.46. The Morgan fingerprint density at radius 1 is 1.21 bits per heavy atom. The Bertz CT molecular complexity index is 338. The lowest BCUT2D eigenvalue weighted by Gasteiger charge is -2.37. The second kappa shape index (κ2) is 6.37. The fraction of sp³-hybridized carbons (Fsp3) is 0.857. The van der Waals surface area contributed by atoms with E-state index in [-0.39, 0.29) is 23.8 Å². The van der Waals surface area contributed by atoms with E-state index in [0.717, 1.165) is 32.2 Å². The predicted molar refractivity (Wildman–Crippen MR) is 73.6 cm³/mol. The highest BCUT2D eigenvalue weighted by Crippen LogP contribution is 2.22. The zero-order valence-electron chi connectivity index (χ0n) is 11.9. The average molecular weight is 267 g/mol. The lowest BCUT2D eigenvalue weighted by atomic mass is 9.90. The van der Waals surface area contributed by atoms with Gasteiger partial charge in [0.15, 0.2) is 0 Å². The van der Waals surface area contributed by atoms with Gasteiger partial charge in [0, 0.05) is 26.1 Å². The van der Waals surface area contributed by atoms with E-state index < -0.39 is 0 Å². The minimum Gasteiger partial charge on any atom is -0.359 e. The molecule has 2 rings (SSSR count). The van der Waals surface area contributed by atoms with Crippen molar-refractivity contribution in [1.82, 2.24) is 15.5 Å². The van der Waals surface area contributed by atoms with E-state index in [9.17, 15) is 9.59 Å². The van der Waals surface area contributed by atoms with Crippen LogP contribution in [0.25, 0.3) is 0 Å². The molecule has 2 N–H and O–H groups in total. The van der Waals surface area contributed by atoms with Crippen molar-refractivity contribution in [3.63, 3.8) is 0 Å². The van der Waals surface area contributed by atoms with E-state index >= 15 is 0 Å². The Balaban J connectivity index is 1.86. The summed E-state index contributed by atoms with van der Waals surface area (Å²) in [6, 6.07) is -0.0229. The fourth-order valence-corrected chi connectivity index (χ4v) is 3.14. The van der Waals surface area contributed by atoms with E-state index in [4.69, 9.17) is 0 Å². The number of nitrogens with one attached hydrogen (secondary N) is 2. The SMILES string of the molecule is CNC(=O)C1CCN(C(=O)C2NCCCC2C)CC1. The molecule has 0 aromatic rings. The van der Waals surface area contributed by atoms with Gasteiger partial charge in [-0.15, -0.1) is 0 Å². The Kier molecular flexibility index (Phi) is 4.80. The third-order valence-corrected chi connectivity index (χ3v) is 4.46. The highest BCUT2D eigenvalue weighted by atomic mass is 16.2. The summed E-state index contributed by atoms with van der Waals surface area (Å²) < 4.78 is 0. The van der Waals surface area contributed by atoms with Gasteiger partial charge in [0.25, 0.3) is 0 Å². The van der Waals surface area contributed by atoms with Crippen LogP contribution >= 0.6 is 0 Å². The Morgan fingerprint density at radius 2 is 1.89 bits per heavy atom. The van der Waals surface area contributed by atoms with Gasteiger partial charge in [-0.05, 0) is 38.1 Å². The molecule has 2 heterocycles. The number of piperidine rings is 2. The van der Waals surface area contributed by atoms with Crippen molar-refractivity contribution in [1.29, 1.82) is 0 Å². The molecule has 19 heavy (non-hydrogen) atoms. The smallest absolute Gasteiger partial charge is 0.239 e. The highest BCUT2D eigenvalue weighted by Gasteiger charge is 2.33. The van der Waals surface area contributed by atoms with Crippen LogP contribution in [0.3, 0.4) is 0 Å². The summed E-state index contributed by atoms with van der Waals surface area (Å²) in [5.41, 5.74) is 0. The van der Waals surface area contributed by atoms with Crippen molar-refractivity contribution in [2.75, 3.05) is 26.7 Å². The van der Waals surface area contributed by atoms with Crippen LogP contribution in [-0.4, -0.2) is 49.4 Å². The highest BCUT2D eigenvalue weighted by molar-refractivity contribution is 5.83. The molecule has 0 aromatic carbocycles. The number of nitrogens with zero attached hydrogens (tertiary/aromatic N) is 1. The third kappa shape index (κ3) is 3.26. The van der Waals surface area contributed by atoms with Crippen LogP contribution in [0.4, 0.5) is 0 Å². The monoisotopic (exact) mass is 267 g/mol. The first kappa shape index (κ1) is 14.3. The van der Waals surface area contributed by atoms with Crippen LogP contribution in [0, 0.1) is 11.8 Å². The molecule has 5 nitrogen and oxygen atoms in total. The predicted octanol–water partition coefficient (Wildman–Crippen LogP) is 0.359. The van der Waals surface area contributed by atoms with Crippen molar-refractivity contribution in [3.05, 3.63) is 0 Å². The summed E-state index contributed by atoms with van der Waals surface area (Å²) in [5, 5.41) is 6.04. The minimum absolute atomic E-state index is 0.0229. The van der Waals surface area contributed by atoms with E-state index in [1.54, 1.807) is 7.05 Å². The maximum absolute atomic E-state index is 12.5. The molecule has 2 amide bonds. The summed E-state index contributed by atoms with van der Waals surface area (Å²) >= 11 is 0. The molecule has 0 bridgehead atoms. The molecule has 0 aliphatic carbocycles. The summed E-state index contributed by atoms with van der Waals surface area (Å²) in [6.07, 6.45) is 3.85. The molecule has 2 atom stereocenters. The molecule has 2 aliphatic rings. The Labute approximate surface area is 115 Å². The van der Waals surface area contributed by atoms with Gasteiger partial charge in [-0.2, -0.15) is 0 Å². The van der Waals surface area contributed by atoms with E-state index in [2.05, 4.69) is 17.6 Å². The standard InChI is InChI=1S/C14H25N3O2/c1-10-4-3-7-16-12(10)14(19)17-8-5-11(6-9-17)13(18)15-2/h10-12,16H,3-9H2,1-2H3,(H,15,18). The van der Waals surface area contributed by atoms with Crippen molar-refractivity contribution >= 4 is 11.8 Å². The molecule has 2 saturated heterocycles. The Hall–Kier alpha value is -1.10. The Morgan fingerprint density at radius 3 is 2.47 bits per heavy atom. The van der Waals surface area contributed by atoms with Crippen LogP contribution in [-0.2, 0) is 9.59 Å². The van der Waals surface area contributed by atoms with Crippen LogP contribution in [0.1, 0.15) is 32.6 Å². The maximum Gasteiger partial charge on any atom is 0.239 e. The second-order valence-electron chi connectivity index (χ2n) is 5.77. The van der Waals surface area contributed by atoms with Crippen LogP contribution in [0.15, 0.2) is 0 Å². The molecule has 0 aromatic heterocycles. The van der Waals surface area contributed by atoms with Gasteiger partial charge >= 0.3 is 0 Å². The molecule has 0 spiro atoms. The van der Waals surface area contributed by atoms with Gasteiger partial charge < -0.3 is 15.5 Å². The van der Waals surface area contributed by atoms with Gasteiger partial charge in [0.05, 0.1) is 6.04 Å². The second-order valence-corrected chi connectivity index (χ2v) is 5.77. The average Bonchev–Trinajstić information content (AvgIpc) is 2.46. The van der Waals surface area contributed by atoms with Gasteiger partial charge in [0.1, 0.15) is 0 Å². The topological polar surface area (TPSA) is 61.4 Å². The fourth-order valence-electron chi connectivity index (χ4n) is 3.14. The molecule has 5 heteroatoms. The molecule has 108 valence electrons. The van der Waals surface area contributed by atoms with Gasteiger partial charge in [-0.3, -0.25) is 9.59 Å². The molecule has 0 saturated carbocycles. The molecule has 2 fully saturated rings. The van der Waals surface area contributed by atoms with Crippen LogP contribution in [0.2, 0.25) is 0 Å². The van der Waals surface area contributed by atoms with Crippen LogP contribution in [0.5, 0.6) is 0 Å². The molecule has 2 aliphatic heterocycles. The molecular weight excluding hydrogens is 242 g/mol. The lowest BCUT2D eigenvalue weighted by molar-refractivity contribution is -0.138. The summed E-state index contributed by atoms with van der Waals surface area (Å²) in [7, 11) is 1.67. The summed E-state index contributed by atoms with van der Waals surface area (Å²) in [5.74, 6) is 0.822. The zero-order chi connectivity index (χ0) is 13.8. The number of rotatable bonds is 2. The number of hydrogen-bond donors (Lipinski definition) is 2. The largest absolute Gasteiger partial charge is 0.359 e. The molecule has 0 radical (unpaired) electrons. The number of amides is 2. The molecular formula is C14H25N3O2. The number of carbonyl (C=O) groups is 2. The normalized spacial score (nSPS) is 29.1. The lowest BCUT2D eigenvalue weighted by Crippen LogP contribution is -2.54. The van der Waals surface area contributed by atoms with Crippen LogP contribution < -0.4 is 10.6 Å². The first-order valence-corrected chi connectivity index (χ1v) is 7.37. The molecule has 2 unspecified atom stereocenters. The van der Waals surface area contributed by atoms with E-state index in [1.165, 1.54) is 0 Å². The minimum atomic E-state index is -0.0229. The van der Waals surface area contributed by atoms with Crippen molar-refractivity contribution < 1.29 is 9.59 Å². The zero-order valence-corrected chi connectivity index (χ0v) is 11.9. The van der Waals surface area contributed by atoms with Gasteiger partial charge in [0.2, 0.25) is 11.8 Å². The number of carbonyl (C=O) groups excluding carboxylic acids is 2. The number of hydrogen-bond acceptors (Lipinski definition) is 3. The summed E-state index contributed by atoms with van der Waals surface area (Å²) in [4.78, 5) is 26.0. The number of likely N-dealkylation sites (tertiary alicyclic amines) is 1. The van der Waals surface area contributed by atoms with Gasteiger partial charge in [-0.1, -0.05) is 6.92 Å². The van der Waals surface area contributed by atoms with E-state index in [0.29, 0.717) is 19.0 Å². The summed E-state index contributed by atoms with van der Waals surface area (Å²) in [6.45, 7) is 4.51. The van der Waals surface area contributed by atoms with Crippen molar-refractivity contribution in [2.24, 2.45) is 11.8 Å². The van der Waals surface area contributed by atoms with Crippen molar-refractivity contribution in [3.8, 4) is 0 Å². The maximum atomic E-state index is 12.5. The first-order valence-electron chi connectivity index (χ1n) is 7.37.